The Morgan fingerprint density at radius 1 is 1.17 bits per heavy atom. The molecule has 70 valence electrons. The van der Waals surface area contributed by atoms with Crippen LogP contribution in [0.4, 0.5) is 0 Å². The Hall–Kier alpha value is -0.520. The zero-order chi connectivity index (χ0) is 9.72. The van der Waals surface area contributed by atoms with Crippen LogP contribution in [0, 0.1) is 5.92 Å². The molecule has 0 aromatic carbocycles. The summed E-state index contributed by atoms with van der Waals surface area (Å²) in [5.74, 6) is 0.671. The molecule has 0 aliphatic heterocycles. The second-order valence-electron chi connectivity index (χ2n) is 3.86. The molecule has 0 aromatic rings. The van der Waals surface area contributed by atoms with Gasteiger partial charge in [-0.1, -0.05) is 43.6 Å². The molecule has 0 unspecified atom stereocenters. The SMILES string of the molecule is CC/C(C)=C(C)\C=C(\C)C(C)C. The average Bonchev–Trinajstić information content (AvgIpc) is 2.02. The van der Waals surface area contributed by atoms with Crippen LogP contribution in [0.5, 0.6) is 0 Å². The molecule has 0 aliphatic carbocycles. The van der Waals surface area contributed by atoms with Crippen LogP contribution in [0.2, 0.25) is 0 Å². The highest BCUT2D eigenvalue weighted by molar-refractivity contribution is 5.26. The van der Waals surface area contributed by atoms with Crippen LogP contribution in [0.3, 0.4) is 0 Å². The van der Waals surface area contributed by atoms with E-state index < -0.39 is 0 Å². The number of hydrogen-bond acceptors (Lipinski definition) is 0. The summed E-state index contributed by atoms with van der Waals surface area (Å²) in [4.78, 5) is 0. The molecule has 0 amide bonds. The molecule has 0 radical (unpaired) electrons. The van der Waals surface area contributed by atoms with Crippen LogP contribution in [0.1, 0.15) is 48.0 Å². The van der Waals surface area contributed by atoms with Crippen molar-refractivity contribution < 1.29 is 0 Å². The maximum atomic E-state index is 2.31. The quantitative estimate of drug-likeness (QED) is 0.547. The monoisotopic (exact) mass is 166 g/mol. The lowest BCUT2D eigenvalue weighted by molar-refractivity contribution is 0.767. The first-order valence-electron chi connectivity index (χ1n) is 4.83. The largest absolute Gasteiger partial charge is 0.0707 e. The summed E-state index contributed by atoms with van der Waals surface area (Å²) in [6, 6.07) is 0. The molecule has 0 rings (SSSR count). The second-order valence-corrected chi connectivity index (χ2v) is 3.86. The normalized spacial score (nSPS) is 15.1. The molecular weight excluding hydrogens is 144 g/mol. The molecule has 0 N–H and O–H groups in total. The van der Waals surface area contributed by atoms with Gasteiger partial charge in [-0.3, -0.25) is 0 Å². The van der Waals surface area contributed by atoms with Gasteiger partial charge >= 0.3 is 0 Å². The molecule has 0 saturated carbocycles. The summed E-state index contributed by atoms with van der Waals surface area (Å²) < 4.78 is 0. The summed E-state index contributed by atoms with van der Waals surface area (Å²) in [6.45, 7) is 13.3. The maximum Gasteiger partial charge on any atom is -0.0260 e. The topological polar surface area (TPSA) is 0 Å². The van der Waals surface area contributed by atoms with Crippen molar-refractivity contribution in [2.45, 2.75) is 48.0 Å². The summed E-state index contributed by atoms with van der Waals surface area (Å²) >= 11 is 0. The third kappa shape index (κ3) is 3.75. The predicted molar refractivity (Wildman–Crippen MR) is 57.3 cm³/mol. The van der Waals surface area contributed by atoms with Crippen molar-refractivity contribution in [3.8, 4) is 0 Å². The van der Waals surface area contributed by atoms with E-state index in [-0.39, 0.29) is 0 Å². The van der Waals surface area contributed by atoms with Crippen molar-refractivity contribution >= 4 is 0 Å². The van der Waals surface area contributed by atoms with Gasteiger partial charge in [0.1, 0.15) is 0 Å². The Bertz CT molecular complexity index is 192. The Kier molecular flexibility index (Phi) is 4.96. The van der Waals surface area contributed by atoms with Gasteiger partial charge in [0.15, 0.2) is 0 Å². The minimum absolute atomic E-state index is 0.671. The zero-order valence-corrected chi connectivity index (χ0v) is 9.36. The van der Waals surface area contributed by atoms with Crippen molar-refractivity contribution in [1.82, 2.24) is 0 Å². The molecule has 0 spiro atoms. The van der Waals surface area contributed by atoms with Gasteiger partial charge < -0.3 is 0 Å². The van der Waals surface area contributed by atoms with Gasteiger partial charge in [-0.25, -0.2) is 0 Å². The first kappa shape index (κ1) is 11.5. The molecule has 0 bridgehead atoms. The van der Waals surface area contributed by atoms with Gasteiger partial charge in [-0.05, 0) is 33.1 Å². The Morgan fingerprint density at radius 2 is 1.67 bits per heavy atom. The summed E-state index contributed by atoms with van der Waals surface area (Å²) in [7, 11) is 0. The van der Waals surface area contributed by atoms with E-state index in [0.29, 0.717) is 5.92 Å². The van der Waals surface area contributed by atoms with Crippen LogP contribution in [0.25, 0.3) is 0 Å². The highest BCUT2D eigenvalue weighted by Gasteiger charge is 1.97. The molecule has 0 atom stereocenters. The van der Waals surface area contributed by atoms with Crippen molar-refractivity contribution in [3.05, 3.63) is 22.8 Å². The van der Waals surface area contributed by atoms with Crippen molar-refractivity contribution in [3.63, 3.8) is 0 Å². The molecule has 0 aliphatic rings. The predicted octanol–water partition coefficient (Wildman–Crippen LogP) is 4.34. The number of rotatable bonds is 3. The maximum absolute atomic E-state index is 2.31. The van der Waals surface area contributed by atoms with E-state index in [1.54, 1.807) is 0 Å². The molecule has 12 heavy (non-hydrogen) atoms. The minimum atomic E-state index is 0.671. The fraction of sp³-hybridized carbons (Fsp3) is 0.667. The van der Waals surface area contributed by atoms with E-state index in [1.165, 1.54) is 16.7 Å². The van der Waals surface area contributed by atoms with E-state index in [2.05, 4.69) is 47.6 Å². The van der Waals surface area contributed by atoms with E-state index in [9.17, 15) is 0 Å². The van der Waals surface area contributed by atoms with Crippen LogP contribution < -0.4 is 0 Å². The molecule has 0 heteroatoms. The molecule has 0 aromatic heterocycles. The van der Waals surface area contributed by atoms with Gasteiger partial charge in [-0.2, -0.15) is 0 Å². The van der Waals surface area contributed by atoms with Crippen molar-refractivity contribution in [2.75, 3.05) is 0 Å². The Balaban J connectivity index is 4.53. The third-order valence-electron chi connectivity index (χ3n) is 2.56. The van der Waals surface area contributed by atoms with Gasteiger partial charge in [-0.15, -0.1) is 0 Å². The van der Waals surface area contributed by atoms with Gasteiger partial charge in [0.2, 0.25) is 0 Å². The van der Waals surface area contributed by atoms with E-state index in [4.69, 9.17) is 0 Å². The number of allylic oxidation sites excluding steroid dienone is 4. The highest BCUT2D eigenvalue weighted by atomic mass is 14.0. The van der Waals surface area contributed by atoms with Crippen molar-refractivity contribution in [1.29, 1.82) is 0 Å². The summed E-state index contributed by atoms with van der Waals surface area (Å²) in [6.07, 6.45) is 3.47. The Morgan fingerprint density at radius 3 is 2.00 bits per heavy atom. The lowest BCUT2D eigenvalue weighted by Crippen LogP contribution is -1.89. The standard InChI is InChI=1S/C12H22/c1-7-10(4)12(6)8-11(5)9(2)3/h8-9H,7H2,1-6H3/b11-8-,12-10-. The lowest BCUT2D eigenvalue weighted by Gasteiger charge is -2.06. The molecule has 0 nitrogen and oxygen atoms in total. The zero-order valence-electron chi connectivity index (χ0n) is 9.36. The molecule has 0 fully saturated rings. The Labute approximate surface area is 77.4 Å². The molecule has 0 saturated heterocycles. The van der Waals surface area contributed by atoms with E-state index >= 15 is 0 Å². The van der Waals surface area contributed by atoms with Gasteiger partial charge in [0.25, 0.3) is 0 Å². The van der Waals surface area contributed by atoms with Crippen LogP contribution >= 0.6 is 0 Å². The summed E-state index contributed by atoms with van der Waals surface area (Å²) in [5, 5.41) is 0. The lowest BCUT2D eigenvalue weighted by atomic mass is 10.00. The fourth-order valence-corrected chi connectivity index (χ4v) is 0.910. The van der Waals surface area contributed by atoms with Crippen LogP contribution in [-0.4, -0.2) is 0 Å². The van der Waals surface area contributed by atoms with E-state index in [0.717, 1.165) is 6.42 Å². The minimum Gasteiger partial charge on any atom is -0.0707 e. The van der Waals surface area contributed by atoms with E-state index in [1.807, 2.05) is 0 Å². The summed E-state index contributed by atoms with van der Waals surface area (Å²) in [5.41, 5.74) is 4.40. The first-order valence-corrected chi connectivity index (χ1v) is 4.83. The molecular formula is C12H22. The van der Waals surface area contributed by atoms with Crippen molar-refractivity contribution in [2.24, 2.45) is 5.92 Å². The molecule has 0 heterocycles. The smallest absolute Gasteiger partial charge is 0.0260 e. The number of hydrogen-bond donors (Lipinski definition) is 0. The van der Waals surface area contributed by atoms with Gasteiger partial charge in [0.05, 0.1) is 0 Å². The first-order chi connectivity index (χ1) is 5.49. The fourth-order valence-electron chi connectivity index (χ4n) is 0.910. The second kappa shape index (κ2) is 5.18. The average molecular weight is 166 g/mol. The van der Waals surface area contributed by atoms with Gasteiger partial charge in [0, 0.05) is 0 Å². The highest BCUT2D eigenvalue weighted by Crippen LogP contribution is 2.15. The van der Waals surface area contributed by atoms with Crippen LogP contribution in [-0.2, 0) is 0 Å². The van der Waals surface area contributed by atoms with Crippen LogP contribution in [0.15, 0.2) is 22.8 Å². The third-order valence-corrected chi connectivity index (χ3v) is 2.56.